The Labute approximate surface area is 849 Å². The first-order chi connectivity index (χ1) is 66.0. The zero-order valence-electron chi connectivity index (χ0n) is 90.9. The minimum atomic E-state index is 0.686. The van der Waals surface area contributed by atoms with Crippen LogP contribution in [0.1, 0.15) is 590 Å². The van der Waals surface area contributed by atoms with Crippen LogP contribution in [0.25, 0.3) is 28.0 Å². The number of hydrogen-bond donors (Lipinski definition) is 0. The van der Waals surface area contributed by atoms with E-state index in [9.17, 15) is 11.1 Å². The third kappa shape index (κ3) is 68.1. The molecule has 4 aromatic carbocycles. The van der Waals surface area contributed by atoms with E-state index in [2.05, 4.69) is 211 Å². The molecule has 5 rings (SSSR count). The van der Waals surface area contributed by atoms with E-state index in [-0.39, 0.29) is 0 Å². The number of allylic oxidation sites excluding steroid dienone is 4. The SMILES string of the molecule is CCCCCCCCCCCCCCCCCCCCCCCCCCCCCCC1=C(c2cccc(CCCCCCCC)c2)[N+](=[N-])C(c2cccc(C)c2)=C1CCCCCCCCCCCCCCCCCCCCCCCCCCCC.CCCCCCCCc1cccc(C(=CC(=C=[N+]=[N-])CCCCC)c2cccc(CC)c2)c1.CC[N](CC)[Pd][N](CC)CC.C[CH2][Ni][CH2]C. The molecule has 134 heavy (non-hydrogen) atoms. The van der Waals surface area contributed by atoms with E-state index in [4.69, 9.17) is 0 Å². The molecular weight excluding hydrogens is 1760 g/mol. The molecular formula is C126H218N6NiPd. The summed E-state index contributed by atoms with van der Waals surface area (Å²) >= 11 is 2.51. The topological polar surface area (TPSA) is 68.2 Å². The molecule has 1 aliphatic heterocycles. The third-order valence-electron chi connectivity index (χ3n) is 27.8. The molecule has 1 heterocycles. The number of unbranched alkanes of at least 4 members (excludes halogenated alkanes) is 64. The Hall–Kier alpha value is -4.06. The molecule has 1 aliphatic rings. The predicted octanol–water partition coefficient (Wildman–Crippen LogP) is 42.5. The summed E-state index contributed by atoms with van der Waals surface area (Å²) in [6.45, 7) is 33.8. The first-order valence-corrected chi connectivity index (χ1v) is 61.3. The van der Waals surface area contributed by atoms with Gasteiger partial charge < -0.3 is 11.1 Å². The van der Waals surface area contributed by atoms with Crippen molar-refractivity contribution in [3.8, 4) is 0 Å². The van der Waals surface area contributed by atoms with E-state index in [1.807, 2.05) is 14.4 Å². The summed E-state index contributed by atoms with van der Waals surface area (Å²) in [7, 11) is 0. The van der Waals surface area contributed by atoms with Crippen LogP contribution >= 0.6 is 0 Å². The quantitative estimate of drug-likeness (QED) is 0.00841. The van der Waals surface area contributed by atoms with Crippen molar-refractivity contribution in [2.75, 3.05) is 26.2 Å². The number of rotatable bonds is 88. The molecule has 0 bridgehead atoms. The first kappa shape index (κ1) is 126. The monoisotopic (exact) mass is 1980 g/mol. The van der Waals surface area contributed by atoms with Crippen LogP contribution in [-0.4, -0.2) is 48.6 Å². The van der Waals surface area contributed by atoms with Crippen LogP contribution < -0.4 is 0 Å². The van der Waals surface area contributed by atoms with Crippen molar-refractivity contribution in [2.24, 2.45) is 0 Å². The van der Waals surface area contributed by atoms with Gasteiger partial charge >= 0.3 is 124 Å². The van der Waals surface area contributed by atoms with Crippen LogP contribution in [0.3, 0.4) is 0 Å². The van der Waals surface area contributed by atoms with Crippen molar-refractivity contribution in [1.29, 1.82) is 0 Å². The fraction of sp³-hybridized carbons (Fsp3) is 0.746. The van der Waals surface area contributed by atoms with E-state index in [0.29, 0.717) is 18.5 Å². The average Bonchev–Trinajstić information content (AvgIpc) is 1.60. The van der Waals surface area contributed by atoms with Gasteiger partial charge in [0.15, 0.2) is 0 Å². The van der Waals surface area contributed by atoms with Crippen molar-refractivity contribution in [2.45, 2.75) is 582 Å². The maximum absolute atomic E-state index is 12.5. The van der Waals surface area contributed by atoms with Gasteiger partial charge in [0.1, 0.15) is 0 Å². The van der Waals surface area contributed by atoms with Gasteiger partial charge in [0.25, 0.3) is 0 Å². The summed E-state index contributed by atoms with van der Waals surface area (Å²) in [5.41, 5.74) is 39.0. The van der Waals surface area contributed by atoms with Gasteiger partial charge in [-0.3, -0.25) is 0 Å². The van der Waals surface area contributed by atoms with Crippen LogP contribution in [0.4, 0.5) is 0 Å². The second-order valence-electron chi connectivity index (χ2n) is 39.7. The number of hydrogen-bond acceptors (Lipinski definition) is 2. The summed E-state index contributed by atoms with van der Waals surface area (Å²) in [4.78, 5) is 3.25. The summed E-state index contributed by atoms with van der Waals surface area (Å²) in [5, 5.41) is 2.56. The van der Waals surface area contributed by atoms with E-state index < -0.39 is 0 Å². The van der Waals surface area contributed by atoms with Crippen LogP contribution in [0.5, 0.6) is 0 Å². The van der Waals surface area contributed by atoms with E-state index in [1.165, 1.54) is 535 Å². The number of benzene rings is 4. The second-order valence-corrected chi connectivity index (χ2v) is 43.9. The molecule has 0 saturated heterocycles. The predicted molar refractivity (Wildman–Crippen MR) is 592 cm³/mol. The van der Waals surface area contributed by atoms with Crippen LogP contribution in [-0.2, 0) is 52.2 Å². The van der Waals surface area contributed by atoms with Gasteiger partial charge in [-0.25, -0.2) is 4.70 Å². The van der Waals surface area contributed by atoms with Crippen molar-refractivity contribution >= 4 is 22.8 Å². The first-order valence-electron chi connectivity index (χ1n) is 58.5. The van der Waals surface area contributed by atoms with Crippen LogP contribution in [0, 0.1) is 6.92 Å². The molecule has 6 nitrogen and oxygen atoms in total. The molecule has 0 saturated carbocycles. The molecule has 0 unspecified atom stereocenters. The molecule has 0 radical (unpaired) electrons. The molecule has 0 fully saturated rings. The molecule has 0 atom stereocenters. The normalized spacial score (nSPS) is 12.2. The Morgan fingerprint density at radius 2 is 0.575 bits per heavy atom. The molecule has 0 spiro atoms. The zero-order valence-corrected chi connectivity index (χ0v) is 93.4. The van der Waals surface area contributed by atoms with Crippen molar-refractivity contribution in [3.63, 3.8) is 0 Å². The van der Waals surface area contributed by atoms with Gasteiger partial charge in [-0.15, -0.1) is 4.79 Å². The molecule has 0 N–H and O–H groups in total. The second kappa shape index (κ2) is 95.1. The van der Waals surface area contributed by atoms with Gasteiger partial charge in [0.2, 0.25) is 11.4 Å². The Morgan fingerprint density at radius 3 is 0.858 bits per heavy atom. The Bertz CT molecular complexity index is 3490. The number of aryl methyl sites for hydroxylation is 4. The van der Waals surface area contributed by atoms with Crippen molar-refractivity contribution in [1.82, 2.24) is 7.07 Å². The van der Waals surface area contributed by atoms with Gasteiger partial charge in [0, 0.05) is 22.3 Å². The summed E-state index contributed by atoms with van der Waals surface area (Å²) < 4.78 is 6.62. The van der Waals surface area contributed by atoms with Crippen LogP contribution in [0.2, 0.25) is 10.8 Å². The molecule has 772 valence electrons. The van der Waals surface area contributed by atoms with Gasteiger partial charge in [0.05, 0.1) is 5.57 Å². The Balaban J connectivity index is 0.00000100. The molecule has 8 heteroatoms. The summed E-state index contributed by atoms with van der Waals surface area (Å²) in [5.74, 6) is 2.83. The van der Waals surface area contributed by atoms with Gasteiger partial charge in [-0.1, -0.05) is 531 Å². The minimum absolute atomic E-state index is 0.686. The maximum atomic E-state index is 12.5. The average molecular weight is 1980 g/mol. The van der Waals surface area contributed by atoms with E-state index >= 15 is 0 Å². The Kier molecular flexibility index (Phi) is 89.5. The van der Waals surface area contributed by atoms with Crippen molar-refractivity contribution < 1.29 is 42.4 Å². The van der Waals surface area contributed by atoms with E-state index in [0.717, 1.165) is 61.9 Å². The molecule has 0 amide bonds. The standard InChI is InChI=1S/C83H146N2.C31H42N2.2C4H10N.2C2H5.Ni.Pd/c1-5-8-11-14-17-19-21-23-25-27-29-31-33-35-37-38-40-42-44-46-48-50-52-54-56-58-61-64-73-81-80(72-63-60-57-55-53-51-49-47-45-43-41-39-36-34-32-30-28-26-24-22-20-18-15-12-9-6-2)82(78-70-65-67-76(4)74-78)85(84)83(81)79-71-66-69-77(75-79)68-62-59-16-13-10-7-3;1-4-7-9-10-11-13-16-27-19-15-21-30(23-27)31(29-20-14-18-26(6-3)22-29)24-28(25-33-32)17-12-8-5-2;2*1-3-5-4-2;2*1-2;;/h65-67,69-71,74-75H,5-64,68,72-73H2,1-4H3;14-15,18-24H,4-13,16-17H2,1-3H3;2*3-4H2,1-2H3;2*1H2,2H3;;/q;;2*-1;;;;+2. The zero-order chi connectivity index (χ0) is 96.9. The fourth-order valence-electron chi connectivity index (χ4n) is 19.3. The number of nitrogens with zero attached hydrogens (tertiary/aromatic N) is 6. The molecule has 0 aromatic heterocycles. The van der Waals surface area contributed by atoms with Crippen molar-refractivity contribution in [3.05, 3.63) is 175 Å². The summed E-state index contributed by atoms with van der Waals surface area (Å²) in [6, 6.07) is 36.0. The van der Waals surface area contributed by atoms with Crippen LogP contribution in [0.15, 0.2) is 120 Å². The van der Waals surface area contributed by atoms with E-state index in [1.54, 1.807) is 4.70 Å². The third-order valence-corrected chi connectivity index (χ3v) is 31.6. The molecule has 4 aromatic rings. The molecule has 0 aliphatic carbocycles. The fourth-order valence-corrected chi connectivity index (χ4v) is 21.3. The van der Waals surface area contributed by atoms with Gasteiger partial charge in [-0.05, 0) is 141 Å². The van der Waals surface area contributed by atoms with Gasteiger partial charge in [-0.2, -0.15) is 0 Å². The summed E-state index contributed by atoms with van der Waals surface area (Å²) in [6.07, 6.45) is 105. The Morgan fingerprint density at radius 1 is 0.313 bits per heavy atom.